The summed E-state index contributed by atoms with van der Waals surface area (Å²) in [7, 11) is 1.51. The lowest BCUT2D eigenvalue weighted by Crippen LogP contribution is -2.11. The van der Waals surface area contributed by atoms with Crippen LogP contribution in [-0.2, 0) is 4.79 Å². The standard InChI is InChI=1S/C23H26Cl2N4O2/c1-3-4-5-6-7-8-21(30)26-17-10-12-18(13-11-17)29-22(27-23(28-29)31-2)16-9-14-19(24)20(25)15-16/h9-15H,3-8H2,1-2H3,(H,26,30). The normalized spacial score (nSPS) is 10.8. The molecule has 0 bridgehead atoms. The Morgan fingerprint density at radius 1 is 1.03 bits per heavy atom. The van der Waals surface area contributed by atoms with Gasteiger partial charge in [0.2, 0.25) is 5.91 Å². The van der Waals surface area contributed by atoms with Gasteiger partial charge >= 0.3 is 6.01 Å². The van der Waals surface area contributed by atoms with Crippen molar-refractivity contribution in [1.29, 1.82) is 0 Å². The number of nitrogens with zero attached hydrogens (tertiary/aromatic N) is 3. The van der Waals surface area contributed by atoms with Crippen LogP contribution in [0.25, 0.3) is 17.1 Å². The summed E-state index contributed by atoms with van der Waals surface area (Å²) in [5.74, 6) is 0.599. The number of benzene rings is 2. The molecule has 0 spiro atoms. The van der Waals surface area contributed by atoms with Gasteiger partial charge in [0, 0.05) is 17.7 Å². The summed E-state index contributed by atoms with van der Waals surface area (Å²) in [6, 6.07) is 12.9. The number of anilines is 1. The predicted molar refractivity (Wildman–Crippen MR) is 125 cm³/mol. The maximum absolute atomic E-state index is 12.2. The zero-order chi connectivity index (χ0) is 22.2. The van der Waals surface area contributed by atoms with E-state index in [9.17, 15) is 4.79 Å². The molecule has 0 aliphatic carbocycles. The summed E-state index contributed by atoms with van der Waals surface area (Å²) in [5.41, 5.74) is 2.27. The van der Waals surface area contributed by atoms with Crippen molar-refractivity contribution in [1.82, 2.24) is 14.8 Å². The first kappa shape index (κ1) is 23.1. The Morgan fingerprint density at radius 3 is 2.45 bits per heavy atom. The molecule has 6 nitrogen and oxygen atoms in total. The molecule has 0 saturated heterocycles. The van der Waals surface area contributed by atoms with Crippen LogP contribution in [-0.4, -0.2) is 27.8 Å². The number of hydrogen-bond acceptors (Lipinski definition) is 4. The van der Waals surface area contributed by atoms with Gasteiger partial charge < -0.3 is 10.1 Å². The molecule has 1 N–H and O–H groups in total. The Labute approximate surface area is 192 Å². The van der Waals surface area contributed by atoms with E-state index < -0.39 is 0 Å². The second kappa shape index (κ2) is 11.2. The van der Waals surface area contributed by atoms with E-state index in [2.05, 4.69) is 22.3 Å². The van der Waals surface area contributed by atoms with Gasteiger partial charge in [-0.3, -0.25) is 4.79 Å². The van der Waals surface area contributed by atoms with Crippen molar-refractivity contribution in [3.05, 3.63) is 52.5 Å². The van der Waals surface area contributed by atoms with Gasteiger partial charge in [0.25, 0.3) is 0 Å². The number of rotatable bonds is 10. The Bertz CT molecular complexity index is 1020. The van der Waals surface area contributed by atoms with Gasteiger partial charge in [-0.2, -0.15) is 4.98 Å². The van der Waals surface area contributed by atoms with Gasteiger partial charge in [-0.25, -0.2) is 4.68 Å². The lowest BCUT2D eigenvalue weighted by atomic mass is 10.1. The Hall–Kier alpha value is -2.57. The predicted octanol–water partition coefficient (Wildman–Crippen LogP) is 6.55. The first-order valence-electron chi connectivity index (χ1n) is 10.4. The molecular formula is C23H26Cl2N4O2. The highest BCUT2D eigenvalue weighted by Gasteiger charge is 2.15. The molecule has 0 aliphatic rings. The molecule has 164 valence electrons. The van der Waals surface area contributed by atoms with Crippen molar-refractivity contribution in [3.63, 3.8) is 0 Å². The number of halogens is 2. The number of nitrogens with one attached hydrogen (secondary N) is 1. The maximum Gasteiger partial charge on any atom is 0.336 e. The molecule has 0 unspecified atom stereocenters. The Morgan fingerprint density at radius 2 is 1.77 bits per heavy atom. The van der Waals surface area contributed by atoms with Crippen LogP contribution in [0.1, 0.15) is 45.4 Å². The lowest BCUT2D eigenvalue weighted by Gasteiger charge is -2.09. The van der Waals surface area contributed by atoms with Crippen LogP contribution >= 0.6 is 23.2 Å². The van der Waals surface area contributed by atoms with E-state index >= 15 is 0 Å². The van der Waals surface area contributed by atoms with Crippen LogP contribution in [0.15, 0.2) is 42.5 Å². The second-order valence-electron chi connectivity index (χ2n) is 7.22. The monoisotopic (exact) mass is 460 g/mol. The van der Waals surface area contributed by atoms with Crippen molar-refractivity contribution in [3.8, 4) is 23.1 Å². The average molecular weight is 461 g/mol. The van der Waals surface area contributed by atoms with Crippen molar-refractivity contribution in [2.24, 2.45) is 0 Å². The molecule has 31 heavy (non-hydrogen) atoms. The van der Waals surface area contributed by atoms with Crippen molar-refractivity contribution in [2.45, 2.75) is 45.4 Å². The third-order valence-corrected chi connectivity index (χ3v) is 5.59. The van der Waals surface area contributed by atoms with Crippen LogP contribution in [0.4, 0.5) is 5.69 Å². The minimum absolute atomic E-state index is 0.0307. The summed E-state index contributed by atoms with van der Waals surface area (Å²) >= 11 is 12.2. The van der Waals surface area contributed by atoms with Crippen molar-refractivity contribution >= 4 is 34.8 Å². The number of ether oxygens (including phenoxy) is 1. The van der Waals surface area contributed by atoms with Crippen LogP contribution < -0.4 is 10.1 Å². The molecule has 0 atom stereocenters. The number of carbonyl (C=O) groups is 1. The van der Waals surface area contributed by atoms with E-state index in [0.29, 0.717) is 22.3 Å². The molecule has 0 radical (unpaired) electrons. The lowest BCUT2D eigenvalue weighted by molar-refractivity contribution is -0.116. The largest absolute Gasteiger partial charge is 0.466 e. The third-order valence-electron chi connectivity index (χ3n) is 4.85. The smallest absolute Gasteiger partial charge is 0.336 e. The van der Waals surface area contributed by atoms with E-state index in [-0.39, 0.29) is 11.9 Å². The number of amides is 1. The number of methoxy groups -OCH3 is 1. The van der Waals surface area contributed by atoms with Gasteiger partial charge in [-0.05, 0) is 48.9 Å². The molecule has 0 aliphatic heterocycles. The van der Waals surface area contributed by atoms with Crippen LogP contribution in [0.5, 0.6) is 6.01 Å². The number of carbonyl (C=O) groups excluding carboxylic acids is 1. The highest BCUT2D eigenvalue weighted by atomic mass is 35.5. The summed E-state index contributed by atoms with van der Waals surface area (Å²) in [6.45, 7) is 2.18. The first-order chi connectivity index (χ1) is 15.0. The molecule has 0 saturated carbocycles. The van der Waals surface area contributed by atoms with Gasteiger partial charge in [-0.15, -0.1) is 5.10 Å². The molecule has 0 fully saturated rings. The zero-order valence-electron chi connectivity index (χ0n) is 17.7. The van der Waals surface area contributed by atoms with E-state index in [1.54, 1.807) is 16.8 Å². The minimum atomic E-state index is 0.0307. The average Bonchev–Trinajstić information content (AvgIpc) is 3.20. The third kappa shape index (κ3) is 6.21. The van der Waals surface area contributed by atoms with Crippen LogP contribution in [0.2, 0.25) is 10.0 Å². The molecule has 3 rings (SSSR count). The number of hydrogen-bond donors (Lipinski definition) is 1. The van der Waals surface area contributed by atoms with Gasteiger partial charge in [0.05, 0.1) is 22.8 Å². The SMILES string of the molecule is CCCCCCCC(=O)Nc1ccc(-n2nc(OC)nc2-c2ccc(Cl)c(Cl)c2)cc1. The fourth-order valence-electron chi connectivity index (χ4n) is 3.18. The van der Waals surface area contributed by atoms with Gasteiger partial charge in [-0.1, -0.05) is 55.8 Å². The minimum Gasteiger partial charge on any atom is -0.466 e. The fourth-order valence-corrected chi connectivity index (χ4v) is 3.48. The molecule has 1 amide bonds. The molecule has 1 heterocycles. The highest BCUT2D eigenvalue weighted by molar-refractivity contribution is 6.42. The van der Waals surface area contributed by atoms with E-state index in [0.717, 1.165) is 29.8 Å². The van der Waals surface area contributed by atoms with Crippen LogP contribution in [0.3, 0.4) is 0 Å². The van der Waals surface area contributed by atoms with Crippen molar-refractivity contribution in [2.75, 3.05) is 12.4 Å². The summed E-state index contributed by atoms with van der Waals surface area (Å²) in [6.07, 6.45) is 6.14. The van der Waals surface area contributed by atoms with Gasteiger partial charge in [0.15, 0.2) is 5.82 Å². The molecule has 1 aromatic heterocycles. The maximum atomic E-state index is 12.2. The Balaban J connectivity index is 1.73. The van der Waals surface area contributed by atoms with E-state index in [1.165, 1.54) is 26.4 Å². The van der Waals surface area contributed by atoms with Crippen molar-refractivity contribution < 1.29 is 9.53 Å². The summed E-state index contributed by atoms with van der Waals surface area (Å²) < 4.78 is 6.88. The molecular weight excluding hydrogens is 435 g/mol. The molecule has 8 heteroatoms. The molecule has 2 aromatic carbocycles. The quantitative estimate of drug-likeness (QED) is 0.348. The zero-order valence-corrected chi connectivity index (χ0v) is 19.2. The van der Waals surface area contributed by atoms with E-state index in [4.69, 9.17) is 27.9 Å². The number of unbranched alkanes of at least 4 members (excludes halogenated alkanes) is 4. The highest BCUT2D eigenvalue weighted by Crippen LogP contribution is 2.30. The second-order valence-corrected chi connectivity index (χ2v) is 8.04. The topological polar surface area (TPSA) is 69.0 Å². The number of aromatic nitrogens is 3. The fraction of sp³-hybridized carbons (Fsp3) is 0.348. The molecule has 3 aromatic rings. The summed E-state index contributed by atoms with van der Waals surface area (Å²) in [4.78, 5) is 16.6. The van der Waals surface area contributed by atoms with Gasteiger partial charge in [0.1, 0.15) is 0 Å². The van der Waals surface area contributed by atoms with Crippen LogP contribution in [0, 0.1) is 0 Å². The Kier molecular flexibility index (Phi) is 8.32. The summed E-state index contributed by atoms with van der Waals surface area (Å²) in [5, 5.41) is 8.25. The van der Waals surface area contributed by atoms with E-state index in [1.807, 2.05) is 30.3 Å². The first-order valence-corrected chi connectivity index (χ1v) is 11.1.